The summed E-state index contributed by atoms with van der Waals surface area (Å²) in [5, 5.41) is 3.15. The topological polar surface area (TPSA) is 32.3 Å². The van der Waals surface area contributed by atoms with E-state index in [0.29, 0.717) is 6.04 Å². The number of rotatable bonds is 2. The normalized spacial score (nSPS) is 18.2. The SMILES string of the molecule is CC(C)(C)N1CCC(NC(=O)c2cc(Br)c(Br)s2)CC1. The van der Waals surface area contributed by atoms with E-state index >= 15 is 0 Å². The van der Waals surface area contributed by atoms with Crippen molar-refractivity contribution in [1.82, 2.24) is 10.2 Å². The van der Waals surface area contributed by atoms with E-state index in [0.717, 1.165) is 39.1 Å². The molecule has 2 rings (SSSR count). The van der Waals surface area contributed by atoms with Crippen molar-refractivity contribution in [1.29, 1.82) is 0 Å². The molecule has 0 atom stereocenters. The second kappa shape index (κ2) is 6.46. The summed E-state index contributed by atoms with van der Waals surface area (Å²) in [7, 11) is 0. The van der Waals surface area contributed by atoms with Crippen LogP contribution in [0, 0.1) is 0 Å². The molecule has 0 saturated carbocycles. The average molecular weight is 424 g/mol. The minimum atomic E-state index is 0.0376. The molecule has 6 heteroatoms. The van der Waals surface area contributed by atoms with Crippen molar-refractivity contribution < 1.29 is 4.79 Å². The van der Waals surface area contributed by atoms with Crippen LogP contribution in [0.25, 0.3) is 0 Å². The molecule has 1 amide bonds. The zero-order chi connectivity index (χ0) is 14.9. The van der Waals surface area contributed by atoms with E-state index in [9.17, 15) is 4.79 Å². The maximum absolute atomic E-state index is 12.2. The van der Waals surface area contributed by atoms with Gasteiger partial charge in [0.25, 0.3) is 5.91 Å². The molecule has 0 radical (unpaired) electrons. The van der Waals surface area contributed by atoms with Gasteiger partial charge in [0.1, 0.15) is 0 Å². The quantitative estimate of drug-likeness (QED) is 0.770. The Hall–Kier alpha value is 0.0900. The highest BCUT2D eigenvalue weighted by Crippen LogP contribution is 2.32. The maximum atomic E-state index is 12.2. The lowest BCUT2D eigenvalue weighted by Crippen LogP contribution is -2.50. The van der Waals surface area contributed by atoms with Crippen molar-refractivity contribution in [3.8, 4) is 0 Å². The first kappa shape index (κ1) is 16.5. The lowest BCUT2D eigenvalue weighted by atomic mass is 9.98. The summed E-state index contributed by atoms with van der Waals surface area (Å²) in [6.45, 7) is 8.82. The molecule has 1 N–H and O–H groups in total. The van der Waals surface area contributed by atoms with Gasteiger partial charge in [-0.05, 0) is 71.5 Å². The summed E-state index contributed by atoms with van der Waals surface area (Å²) in [5.41, 5.74) is 0.221. The molecule has 112 valence electrons. The Bertz CT molecular complexity index is 468. The monoisotopic (exact) mass is 422 g/mol. The molecule has 0 bridgehead atoms. The highest BCUT2D eigenvalue weighted by Gasteiger charge is 2.28. The first-order chi connectivity index (χ1) is 9.27. The number of piperidine rings is 1. The standard InChI is InChI=1S/C14H20Br2N2OS/c1-14(2,3)18-6-4-9(5-7-18)17-13(19)11-8-10(15)12(16)20-11/h8-9H,4-7H2,1-3H3,(H,17,19). The summed E-state index contributed by atoms with van der Waals surface area (Å²) in [6, 6.07) is 2.16. The van der Waals surface area contributed by atoms with Crippen molar-refractivity contribution in [3.05, 3.63) is 19.2 Å². The molecule has 0 spiro atoms. The Morgan fingerprint density at radius 1 is 1.35 bits per heavy atom. The number of likely N-dealkylation sites (tertiary alicyclic amines) is 1. The number of hydrogen-bond acceptors (Lipinski definition) is 3. The minimum Gasteiger partial charge on any atom is -0.349 e. The number of carbonyl (C=O) groups excluding carboxylic acids is 1. The van der Waals surface area contributed by atoms with Crippen molar-refractivity contribution in [2.75, 3.05) is 13.1 Å². The third-order valence-electron chi connectivity index (χ3n) is 3.65. The maximum Gasteiger partial charge on any atom is 0.261 e. The van der Waals surface area contributed by atoms with Gasteiger partial charge in [-0.3, -0.25) is 9.69 Å². The van der Waals surface area contributed by atoms with Crippen LogP contribution in [0.3, 0.4) is 0 Å². The van der Waals surface area contributed by atoms with E-state index in [2.05, 4.69) is 62.8 Å². The van der Waals surface area contributed by atoms with Crippen LogP contribution in [-0.2, 0) is 0 Å². The van der Waals surface area contributed by atoms with Crippen LogP contribution in [0.15, 0.2) is 14.3 Å². The van der Waals surface area contributed by atoms with Gasteiger partial charge >= 0.3 is 0 Å². The van der Waals surface area contributed by atoms with E-state index in [1.54, 1.807) is 0 Å². The van der Waals surface area contributed by atoms with Crippen LogP contribution in [-0.4, -0.2) is 35.5 Å². The molecule has 2 heterocycles. The first-order valence-electron chi connectivity index (χ1n) is 6.78. The Kier molecular flexibility index (Phi) is 5.32. The van der Waals surface area contributed by atoms with Crippen LogP contribution in [0.4, 0.5) is 0 Å². The average Bonchev–Trinajstić information content (AvgIpc) is 2.69. The number of hydrogen-bond donors (Lipinski definition) is 1. The highest BCUT2D eigenvalue weighted by molar-refractivity contribution is 9.13. The fourth-order valence-corrected chi connectivity index (χ4v) is 4.35. The number of carbonyl (C=O) groups is 1. The summed E-state index contributed by atoms with van der Waals surface area (Å²) >= 11 is 8.30. The van der Waals surface area contributed by atoms with Crippen molar-refractivity contribution in [2.45, 2.75) is 45.2 Å². The fourth-order valence-electron chi connectivity index (χ4n) is 2.41. The molecule has 0 aromatic carbocycles. The van der Waals surface area contributed by atoms with E-state index in [1.807, 2.05) is 6.07 Å². The summed E-state index contributed by atoms with van der Waals surface area (Å²) in [6.07, 6.45) is 2.05. The largest absolute Gasteiger partial charge is 0.349 e. The Morgan fingerprint density at radius 2 is 1.95 bits per heavy atom. The van der Waals surface area contributed by atoms with Crippen LogP contribution in [0.1, 0.15) is 43.3 Å². The van der Waals surface area contributed by atoms with Gasteiger partial charge in [0.05, 0.1) is 8.66 Å². The molecule has 1 aliphatic heterocycles. The van der Waals surface area contributed by atoms with Gasteiger partial charge in [0, 0.05) is 29.1 Å². The lowest BCUT2D eigenvalue weighted by Gasteiger charge is -2.41. The third-order valence-corrected chi connectivity index (χ3v) is 6.90. The number of thiophene rings is 1. The Morgan fingerprint density at radius 3 is 2.40 bits per heavy atom. The van der Waals surface area contributed by atoms with Gasteiger partial charge in [0.15, 0.2) is 0 Å². The van der Waals surface area contributed by atoms with E-state index in [4.69, 9.17) is 0 Å². The highest BCUT2D eigenvalue weighted by atomic mass is 79.9. The van der Waals surface area contributed by atoms with Gasteiger partial charge in [-0.1, -0.05) is 0 Å². The molecule has 0 unspecified atom stereocenters. The van der Waals surface area contributed by atoms with Gasteiger partial charge in [0.2, 0.25) is 0 Å². The van der Waals surface area contributed by atoms with Crippen LogP contribution < -0.4 is 5.32 Å². The van der Waals surface area contributed by atoms with Gasteiger partial charge in [-0.25, -0.2) is 0 Å². The van der Waals surface area contributed by atoms with E-state index in [-0.39, 0.29) is 11.4 Å². The first-order valence-corrected chi connectivity index (χ1v) is 9.18. The number of amides is 1. The van der Waals surface area contributed by atoms with Gasteiger partial charge in [-0.2, -0.15) is 0 Å². The predicted octanol–water partition coefficient (Wildman–Crippen LogP) is 4.27. The minimum absolute atomic E-state index is 0.0376. The lowest BCUT2D eigenvalue weighted by molar-refractivity contribution is 0.0815. The summed E-state index contributed by atoms with van der Waals surface area (Å²) in [5.74, 6) is 0.0376. The van der Waals surface area contributed by atoms with Crippen LogP contribution in [0.2, 0.25) is 0 Å². The number of nitrogens with one attached hydrogen (secondary N) is 1. The van der Waals surface area contributed by atoms with Crippen molar-refractivity contribution in [2.24, 2.45) is 0 Å². The van der Waals surface area contributed by atoms with Crippen LogP contribution >= 0.6 is 43.2 Å². The molecular formula is C14H20Br2N2OS. The predicted molar refractivity (Wildman–Crippen MR) is 91.5 cm³/mol. The second-order valence-electron chi connectivity index (χ2n) is 6.14. The second-order valence-corrected chi connectivity index (χ2v) is 9.36. The zero-order valence-electron chi connectivity index (χ0n) is 12.0. The Labute approximate surface area is 141 Å². The molecule has 1 saturated heterocycles. The van der Waals surface area contributed by atoms with E-state index in [1.165, 1.54) is 11.3 Å². The van der Waals surface area contributed by atoms with Crippen molar-refractivity contribution >= 4 is 49.1 Å². The molecule has 3 nitrogen and oxygen atoms in total. The Balaban J connectivity index is 1.88. The van der Waals surface area contributed by atoms with Gasteiger partial charge in [-0.15, -0.1) is 11.3 Å². The molecule has 0 aliphatic carbocycles. The zero-order valence-corrected chi connectivity index (χ0v) is 16.0. The molecule has 1 aromatic rings. The summed E-state index contributed by atoms with van der Waals surface area (Å²) < 4.78 is 1.90. The molecule has 1 fully saturated rings. The molecule has 1 aromatic heterocycles. The van der Waals surface area contributed by atoms with Crippen molar-refractivity contribution in [3.63, 3.8) is 0 Å². The van der Waals surface area contributed by atoms with Crippen LogP contribution in [0.5, 0.6) is 0 Å². The molecular weight excluding hydrogens is 404 g/mol. The fraction of sp³-hybridized carbons (Fsp3) is 0.643. The number of nitrogens with zero attached hydrogens (tertiary/aromatic N) is 1. The van der Waals surface area contributed by atoms with E-state index < -0.39 is 0 Å². The smallest absolute Gasteiger partial charge is 0.261 e. The van der Waals surface area contributed by atoms with Gasteiger partial charge < -0.3 is 5.32 Å². The summed E-state index contributed by atoms with van der Waals surface area (Å²) in [4.78, 5) is 15.4. The molecule has 20 heavy (non-hydrogen) atoms. The molecule has 1 aliphatic rings. The third kappa shape index (κ3) is 4.06. The number of halogens is 2.